The van der Waals surface area contributed by atoms with Crippen molar-refractivity contribution in [3.63, 3.8) is 0 Å². The van der Waals surface area contributed by atoms with E-state index in [9.17, 15) is 14.4 Å². The molecule has 0 unspecified atom stereocenters. The van der Waals surface area contributed by atoms with Gasteiger partial charge in [0.2, 0.25) is 11.8 Å². The van der Waals surface area contributed by atoms with Crippen molar-refractivity contribution < 1.29 is 14.4 Å². The van der Waals surface area contributed by atoms with E-state index in [4.69, 9.17) is 11.6 Å². The van der Waals surface area contributed by atoms with Gasteiger partial charge in [0.05, 0.1) is 11.3 Å². The number of carbonyl (C=O) groups is 3. The Morgan fingerprint density at radius 3 is 2.02 bits per heavy atom. The fourth-order valence-electron chi connectivity index (χ4n) is 7.67. The third-order valence-electron chi connectivity index (χ3n) is 8.74. The van der Waals surface area contributed by atoms with Crippen LogP contribution in [0.5, 0.6) is 0 Å². The van der Waals surface area contributed by atoms with Gasteiger partial charge in [-0.2, -0.15) is 0 Å². The number of rotatable bonds is 7. The van der Waals surface area contributed by atoms with Crippen LogP contribution in [0.2, 0.25) is 5.02 Å². The molecule has 5 heteroatoms. The second kappa shape index (κ2) is 10.3. The van der Waals surface area contributed by atoms with E-state index in [-0.39, 0.29) is 28.9 Å². The summed E-state index contributed by atoms with van der Waals surface area (Å²) >= 11 is 6.21. The maximum Gasteiger partial charge on any atom is 0.237 e. The number of Topliss-reactive ketones (excluding diaryl/α,β-unsaturated/α-hetero) is 1. The van der Waals surface area contributed by atoms with Crippen LogP contribution in [0.4, 0.5) is 0 Å². The van der Waals surface area contributed by atoms with Gasteiger partial charge >= 0.3 is 0 Å². The summed E-state index contributed by atoms with van der Waals surface area (Å²) in [5.41, 5.74) is 0.446. The van der Waals surface area contributed by atoms with E-state index in [1.165, 1.54) is 4.90 Å². The number of hydrogen-bond donors (Lipinski definition) is 0. The lowest BCUT2D eigenvalue weighted by atomic mass is 9.65. The maximum absolute atomic E-state index is 15.0. The van der Waals surface area contributed by atoms with Crippen LogP contribution in [0.1, 0.15) is 74.9 Å². The van der Waals surface area contributed by atoms with Crippen LogP contribution in [-0.4, -0.2) is 28.0 Å². The lowest BCUT2D eigenvalue weighted by Crippen LogP contribution is -2.53. The fraction of sp³-hybridized carbons (Fsp3) is 0.400. The number of likely N-dealkylation sites (tertiary alicyclic amines) is 1. The van der Waals surface area contributed by atoms with E-state index >= 15 is 0 Å². The van der Waals surface area contributed by atoms with Crippen molar-refractivity contribution in [2.45, 2.75) is 65.3 Å². The molecule has 208 valence electrons. The van der Waals surface area contributed by atoms with Gasteiger partial charge in [-0.25, -0.2) is 0 Å². The Morgan fingerprint density at radius 2 is 1.45 bits per heavy atom. The topological polar surface area (TPSA) is 54.5 Å². The maximum atomic E-state index is 15.0. The monoisotopic (exact) mass is 555 g/mol. The summed E-state index contributed by atoms with van der Waals surface area (Å²) in [5, 5.41) is 0.602. The fourth-order valence-corrected chi connectivity index (χ4v) is 7.80. The lowest BCUT2D eigenvalue weighted by molar-refractivity contribution is -0.150. The van der Waals surface area contributed by atoms with Crippen molar-refractivity contribution in [1.82, 2.24) is 4.90 Å². The molecule has 3 aromatic rings. The molecule has 4 atom stereocenters. The Morgan fingerprint density at radius 1 is 0.875 bits per heavy atom. The zero-order chi connectivity index (χ0) is 28.9. The van der Waals surface area contributed by atoms with Crippen molar-refractivity contribution in [1.29, 1.82) is 0 Å². The van der Waals surface area contributed by atoms with Gasteiger partial charge in [-0.1, -0.05) is 105 Å². The largest absolute Gasteiger partial charge is 0.294 e. The Kier molecular flexibility index (Phi) is 7.29. The number of carbonyl (C=O) groups excluding carboxylic acids is 3. The van der Waals surface area contributed by atoms with Gasteiger partial charge in [-0.3, -0.25) is 19.3 Å². The minimum atomic E-state index is -1.20. The van der Waals surface area contributed by atoms with E-state index in [1.807, 2.05) is 98.8 Å². The molecule has 2 aliphatic rings. The summed E-state index contributed by atoms with van der Waals surface area (Å²) in [4.78, 5) is 45.5. The summed E-state index contributed by atoms with van der Waals surface area (Å²) in [5.74, 6) is -2.01. The van der Waals surface area contributed by atoms with Gasteiger partial charge < -0.3 is 0 Å². The molecule has 2 fully saturated rings. The van der Waals surface area contributed by atoms with E-state index in [0.717, 1.165) is 11.1 Å². The molecule has 1 saturated carbocycles. The van der Waals surface area contributed by atoms with Crippen LogP contribution in [0, 0.1) is 22.7 Å². The van der Waals surface area contributed by atoms with Crippen LogP contribution in [0.15, 0.2) is 84.9 Å². The van der Waals surface area contributed by atoms with Gasteiger partial charge in [-0.15, -0.1) is 0 Å². The molecule has 0 radical (unpaired) electrons. The number of ketones is 1. The quantitative estimate of drug-likeness (QED) is 0.221. The smallest absolute Gasteiger partial charge is 0.237 e. The third kappa shape index (κ3) is 4.92. The number of amides is 2. The average Bonchev–Trinajstić information content (AvgIpc) is 3.34. The average molecular weight is 556 g/mol. The second-order valence-corrected chi connectivity index (χ2v) is 13.8. The van der Waals surface area contributed by atoms with E-state index in [2.05, 4.69) is 20.8 Å². The first-order valence-electron chi connectivity index (χ1n) is 14.1. The molecule has 3 aromatic carbocycles. The first-order chi connectivity index (χ1) is 18.8. The molecule has 0 aromatic heterocycles. The van der Waals surface area contributed by atoms with Crippen molar-refractivity contribution in [3.8, 4) is 0 Å². The first-order valence-corrected chi connectivity index (χ1v) is 14.5. The standard InChI is InChI=1S/C35H38ClNO3/c1-33(2,3)22-34(4,5)37-31(39)28-20-27(24-12-8-6-9-13-24)29(30(38)25-14-10-7-11-15-25)35(28,32(37)40)21-23-16-18-26(36)19-17-23/h6-19,27-29H,20-22H2,1-5H3/t27-,28-,29+,35+/m1/s1. The van der Waals surface area contributed by atoms with Gasteiger partial charge in [0.15, 0.2) is 5.78 Å². The number of nitrogens with zero attached hydrogens (tertiary/aromatic N) is 1. The van der Waals surface area contributed by atoms with Crippen molar-refractivity contribution in [2.75, 3.05) is 0 Å². The highest BCUT2D eigenvalue weighted by atomic mass is 35.5. The van der Waals surface area contributed by atoms with Crippen LogP contribution >= 0.6 is 11.6 Å². The van der Waals surface area contributed by atoms with Gasteiger partial charge in [0.25, 0.3) is 0 Å². The van der Waals surface area contributed by atoms with Crippen LogP contribution < -0.4 is 0 Å². The molecule has 4 nitrogen and oxygen atoms in total. The van der Waals surface area contributed by atoms with Gasteiger partial charge in [0, 0.05) is 22.0 Å². The first kappa shape index (κ1) is 28.3. The van der Waals surface area contributed by atoms with Crippen LogP contribution in [0.25, 0.3) is 0 Å². The number of hydrogen-bond acceptors (Lipinski definition) is 3. The molecular weight excluding hydrogens is 518 g/mol. The third-order valence-corrected chi connectivity index (χ3v) is 8.99. The van der Waals surface area contributed by atoms with E-state index < -0.39 is 22.8 Å². The molecule has 0 bridgehead atoms. The Bertz CT molecular complexity index is 1410. The minimum Gasteiger partial charge on any atom is -0.294 e. The molecule has 1 heterocycles. The molecule has 1 saturated heterocycles. The Labute approximate surface area is 242 Å². The lowest BCUT2D eigenvalue weighted by Gasteiger charge is -2.41. The summed E-state index contributed by atoms with van der Waals surface area (Å²) in [7, 11) is 0. The molecule has 0 spiro atoms. The van der Waals surface area contributed by atoms with Crippen molar-refractivity contribution >= 4 is 29.2 Å². The number of imide groups is 1. The van der Waals surface area contributed by atoms with Gasteiger partial charge in [0.1, 0.15) is 0 Å². The molecule has 40 heavy (non-hydrogen) atoms. The number of halogens is 1. The van der Waals surface area contributed by atoms with Crippen molar-refractivity contribution in [3.05, 3.63) is 107 Å². The summed E-state index contributed by atoms with van der Waals surface area (Å²) in [6.45, 7) is 10.3. The van der Waals surface area contributed by atoms with Crippen LogP contribution in [-0.2, 0) is 16.0 Å². The van der Waals surface area contributed by atoms with Crippen LogP contribution in [0.3, 0.4) is 0 Å². The molecule has 1 aliphatic heterocycles. The Balaban J connectivity index is 1.72. The number of benzene rings is 3. The highest BCUT2D eigenvalue weighted by Gasteiger charge is 2.71. The molecule has 0 N–H and O–H groups in total. The van der Waals surface area contributed by atoms with E-state index in [0.29, 0.717) is 29.8 Å². The second-order valence-electron chi connectivity index (χ2n) is 13.4. The highest BCUT2D eigenvalue weighted by Crippen LogP contribution is 2.63. The zero-order valence-corrected chi connectivity index (χ0v) is 24.7. The Hall–Kier alpha value is -3.24. The van der Waals surface area contributed by atoms with Crippen molar-refractivity contribution in [2.24, 2.45) is 22.7 Å². The number of fused-ring (bicyclic) bond motifs is 1. The SMILES string of the molecule is CC(C)(C)CC(C)(C)N1C(=O)[C@H]2C[C@H](c3ccccc3)[C@@H](C(=O)c3ccccc3)[C@@]2(Cc2ccc(Cl)cc2)C1=O. The predicted octanol–water partition coefficient (Wildman–Crippen LogP) is 7.76. The summed E-state index contributed by atoms with van der Waals surface area (Å²) < 4.78 is 0. The highest BCUT2D eigenvalue weighted by molar-refractivity contribution is 6.30. The van der Waals surface area contributed by atoms with Gasteiger partial charge in [-0.05, 0) is 67.7 Å². The molecule has 2 amide bonds. The minimum absolute atomic E-state index is 0.0810. The zero-order valence-electron chi connectivity index (χ0n) is 24.0. The normalized spacial score (nSPS) is 24.9. The molecule has 1 aliphatic carbocycles. The predicted molar refractivity (Wildman–Crippen MR) is 159 cm³/mol. The summed E-state index contributed by atoms with van der Waals surface area (Å²) in [6, 6.07) is 26.6. The van der Waals surface area contributed by atoms with E-state index in [1.54, 1.807) is 0 Å². The molecule has 5 rings (SSSR count). The molecular formula is C35H38ClNO3. The summed E-state index contributed by atoms with van der Waals surface area (Å²) in [6.07, 6.45) is 1.40.